The van der Waals surface area contributed by atoms with Crippen molar-refractivity contribution in [1.82, 2.24) is 4.90 Å². The van der Waals surface area contributed by atoms with Crippen LogP contribution in [0.2, 0.25) is 0 Å². The molecule has 0 spiro atoms. The number of hydrogen-bond acceptors (Lipinski definition) is 4. The summed E-state index contributed by atoms with van der Waals surface area (Å²) < 4.78 is 5.75. The lowest BCUT2D eigenvalue weighted by molar-refractivity contribution is -0.0191. The van der Waals surface area contributed by atoms with E-state index in [0.29, 0.717) is 6.42 Å². The molecule has 2 rings (SSSR count). The molecule has 1 aliphatic heterocycles. The number of rotatable bonds is 5. The van der Waals surface area contributed by atoms with Gasteiger partial charge < -0.3 is 10.1 Å². The second kappa shape index (κ2) is 7.13. The molecular formula is C15H21N3O. The molecule has 1 atom stereocenters. The first kappa shape index (κ1) is 13.9. The molecule has 19 heavy (non-hydrogen) atoms. The third-order valence-corrected chi connectivity index (χ3v) is 3.44. The number of likely N-dealkylation sites (N-methyl/N-ethyl adjacent to an activating group) is 1. The maximum atomic E-state index is 8.62. The summed E-state index contributed by atoms with van der Waals surface area (Å²) in [6, 6.07) is 10.2. The monoisotopic (exact) mass is 259 g/mol. The van der Waals surface area contributed by atoms with Crippen LogP contribution in [0, 0.1) is 11.3 Å². The average Bonchev–Trinajstić information content (AvgIpc) is 2.47. The van der Waals surface area contributed by atoms with E-state index < -0.39 is 0 Å². The van der Waals surface area contributed by atoms with Crippen LogP contribution in [-0.2, 0) is 11.2 Å². The molecule has 1 fully saturated rings. The zero-order valence-corrected chi connectivity index (χ0v) is 11.4. The van der Waals surface area contributed by atoms with Crippen molar-refractivity contribution in [2.75, 3.05) is 38.1 Å². The summed E-state index contributed by atoms with van der Waals surface area (Å²) in [6.07, 6.45) is 0.727. The highest BCUT2D eigenvalue weighted by molar-refractivity contribution is 5.45. The van der Waals surface area contributed by atoms with E-state index in [1.807, 2.05) is 24.3 Å². The second-order valence-electron chi connectivity index (χ2n) is 4.80. The molecular weight excluding hydrogens is 238 g/mol. The molecule has 0 bridgehead atoms. The maximum Gasteiger partial charge on any atom is 0.0874 e. The molecule has 1 saturated heterocycles. The molecule has 102 valence electrons. The molecule has 1 N–H and O–H groups in total. The summed E-state index contributed by atoms with van der Waals surface area (Å²) in [4.78, 5) is 2.41. The first-order valence-electron chi connectivity index (χ1n) is 6.85. The normalized spacial score (nSPS) is 19.9. The highest BCUT2D eigenvalue weighted by atomic mass is 16.5. The van der Waals surface area contributed by atoms with Gasteiger partial charge in [0, 0.05) is 25.3 Å². The van der Waals surface area contributed by atoms with E-state index in [4.69, 9.17) is 10.00 Å². The summed E-state index contributed by atoms with van der Waals surface area (Å²) in [6.45, 7) is 6.95. The van der Waals surface area contributed by atoms with Crippen LogP contribution in [0.3, 0.4) is 0 Å². The Morgan fingerprint density at radius 2 is 2.21 bits per heavy atom. The number of nitrogens with one attached hydrogen (secondary N) is 1. The topological polar surface area (TPSA) is 48.3 Å². The van der Waals surface area contributed by atoms with Gasteiger partial charge in [0.25, 0.3) is 0 Å². The fraction of sp³-hybridized carbons (Fsp3) is 0.533. The average molecular weight is 259 g/mol. The third-order valence-electron chi connectivity index (χ3n) is 3.44. The van der Waals surface area contributed by atoms with E-state index in [2.05, 4.69) is 23.2 Å². The van der Waals surface area contributed by atoms with E-state index in [0.717, 1.165) is 44.0 Å². The lowest BCUT2D eigenvalue weighted by Crippen LogP contribution is -2.45. The first-order chi connectivity index (χ1) is 9.31. The van der Waals surface area contributed by atoms with Crippen LogP contribution < -0.4 is 5.32 Å². The summed E-state index contributed by atoms with van der Waals surface area (Å²) in [5.41, 5.74) is 2.14. The van der Waals surface area contributed by atoms with Crippen molar-refractivity contribution in [2.24, 2.45) is 0 Å². The fourth-order valence-electron chi connectivity index (χ4n) is 2.25. The minimum atomic E-state index is 0.257. The Kier molecular flexibility index (Phi) is 5.20. The van der Waals surface area contributed by atoms with Crippen LogP contribution in [0.15, 0.2) is 24.3 Å². The predicted octanol–water partition coefficient (Wildman–Crippen LogP) is 1.89. The van der Waals surface area contributed by atoms with Crippen molar-refractivity contribution in [3.05, 3.63) is 29.8 Å². The first-order valence-corrected chi connectivity index (χ1v) is 6.85. The van der Waals surface area contributed by atoms with Crippen molar-refractivity contribution >= 4 is 5.69 Å². The number of nitrogens with zero attached hydrogens (tertiary/aromatic N) is 2. The number of anilines is 1. The van der Waals surface area contributed by atoms with Crippen molar-refractivity contribution in [2.45, 2.75) is 19.4 Å². The van der Waals surface area contributed by atoms with Gasteiger partial charge in [0.05, 0.1) is 25.2 Å². The van der Waals surface area contributed by atoms with Crippen molar-refractivity contribution in [3.63, 3.8) is 0 Å². The van der Waals surface area contributed by atoms with E-state index >= 15 is 0 Å². The van der Waals surface area contributed by atoms with Gasteiger partial charge in [0.15, 0.2) is 0 Å². The second-order valence-corrected chi connectivity index (χ2v) is 4.80. The van der Waals surface area contributed by atoms with Gasteiger partial charge in [-0.05, 0) is 24.2 Å². The van der Waals surface area contributed by atoms with Crippen molar-refractivity contribution in [3.8, 4) is 6.07 Å². The van der Waals surface area contributed by atoms with Gasteiger partial charge >= 0.3 is 0 Å². The van der Waals surface area contributed by atoms with Crippen LogP contribution >= 0.6 is 0 Å². The Morgan fingerprint density at radius 3 is 2.89 bits per heavy atom. The van der Waals surface area contributed by atoms with Gasteiger partial charge in [-0.1, -0.05) is 19.1 Å². The van der Waals surface area contributed by atoms with Gasteiger partial charge in [-0.25, -0.2) is 0 Å². The van der Waals surface area contributed by atoms with Crippen LogP contribution in [0.5, 0.6) is 0 Å². The summed E-state index contributed by atoms with van der Waals surface area (Å²) in [5, 5.41) is 12.0. The standard InChI is InChI=1S/C15H21N3O/c1-2-18-9-10-19-15(12-18)11-17-14-5-3-13(4-6-14)7-8-16/h3-6,15,17H,2,7,9-12H2,1H3. The number of morpholine rings is 1. The number of ether oxygens (including phenoxy) is 1. The summed E-state index contributed by atoms with van der Waals surface area (Å²) >= 11 is 0. The highest BCUT2D eigenvalue weighted by Crippen LogP contribution is 2.11. The van der Waals surface area contributed by atoms with Gasteiger partial charge in [0.1, 0.15) is 0 Å². The van der Waals surface area contributed by atoms with E-state index in [1.165, 1.54) is 0 Å². The van der Waals surface area contributed by atoms with Crippen molar-refractivity contribution in [1.29, 1.82) is 5.26 Å². The van der Waals surface area contributed by atoms with Crippen LogP contribution in [0.1, 0.15) is 12.5 Å². The fourth-order valence-corrected chi connectivity index (χ4v) is 2.25. The molecule has 0 aromatic heterocycles. The highest BCUT2D eigenvalue weighted by Gasteiger charge is 2.18. The Morgan fingerprint density at radius 1 is 1.42 bits per heavy atom. The van der Waals surface area contributed by atoms with Crippen LogP contribution in [0.4, 0.5) is 5.69 Å². The molecule has 0 aliphatic carbocycles. The predicted molar refractivity (Wildman–Crippen MR) is 76.1 cm³/mol. The van der Waals surface area contributed by atoms with E-state index in [-0.39, 0.29) is 6.10 Å². The number of nitriles is 1. The molecule has 0 saturated carbocycles. The molecule has 4 nitrogen and oxygen atoms in total. The molecule has 0 radical (unpaired) electrons. The smallest absolute Gasteiger partial charge is 0.0874 e. The zero-order chi connectivity index (χ0) is 13.5. The van der Waals surface area contributed by atoms with Crippen LogP contribution in [-0.4, -0.2) is 43.8 Å². The number of hydrogen-bond donors (Lipinski definition) is 1. The lowest BCUT2D eigenvalue weighted by Gasteiger charge is -2.32. The Bertz CT molecular complexity index is 424. The van der Waals surface area contributed by atoms with Gasteiger partial charge in [0.2, 0.25) is 0 Å². The number of benzene rings is 1. The lowest BCUT2D eigenvalue weighted by atomic mass is 10.1. The largest absolute Gasteiger partial charge is 0.382 e. The maximum absolute atomic E-state index is 8.62. The quantitative estimate of drug-likeness (QED) is 0.877. The molecule has 0 amide bonds. The SMILES string of the molecule is CCN1CCOC(CNc2ccc(CC#N)cc2)C1. The van der Waals surface area contributed by atoms with Crippen molar-refractivity contribution < 1.29 is 4.74 Å². The Balaban J connectivity index is 1.80. The van der Waals surface area contributed by atoms with Crippen LogP contribution in [0.25, 0.3) is 0 Å². The third kappa shape index (κ3) is 4.23. The van der Waals surface area contributed by atoms with E-state index in [1.54, 1.807) is 0 Å². The molecule has 1 aromatic carbocycles. The Hall–Kier alpha value is -1.57. The molecule has 1 unspecified atom stereocenters. The minimum Gasteiger partial charge on any atom is -0.382 e. The zero-order valence-electron chi connectivity index (χ0n) is 11.4. The summed E-state index contributed by atoms with van der Waals surface area (Å²) in [5.74, 6) is 0. The minimum absolute atomic E-state index is 0.257. The summed E-state index contributed by atoms with van der Waals surface area (Å²) in [7, 11) is 0. The molecule has 1 aromatic rings. The molecule has 1 heterocycles. The Labute approximate surface area is 115 Å². The molecule has 4 heteroatoms. The van der Waals surface area contributed by atoms with Gasteiger partial charge in [-0.15, -0.1) is 0 Å². The van der Waals surface area contributed by atoms with E-state index in [9.17, 15) is 0 Å². The van der Waals surface area contributed by atoms with Gasteiger partial charge in [-0.3, -0.25) is 4.90 Å². The van der Waals surface area contributed by atoms with Gasteiger partial charge in [-0.2, -0.15) is 5.26 Å². The molecule has 1 aliphatic rings.